The van der Waals surface area contributed by atoms with Crippen LogP contribution in [0.1, 0.15) is 17.2 Å². The van der Waals surface area contributed by atoms with Crippen LogP contribution in [0.15, 0.2) is 18.2 Å². The van der Waals surface area contributed by atoms with E-state index < -0.39 is 6.10 Å². The predicted molar refractivity (Wildman–Crippen MR) is 53.0 cm³/mol. The van der Waals surface area contributed by atoms with Crippen LogP contribution < -0.4 is 5.32 Å². The molecule has 3 heteroatoms. The Morgan fingerprint density at radius 1 is 1.46 bits per heavy atom. The van der Waals surface area contributed by atoms with Crippen LogP contribution in [0.25, 0.3) is 0 Å². The summed E-state index contributed by atoms with van der Waals surface area (Å²) >= 11 is 5.88. The van der Waals surface area contributed by atoms with Crippen molar-refractivity contribution in [3.05, 3.63) is 34.3 Å². The molecule has 0 fully saturated rings. The Kier molecular flexibility index (Phi) is 2.54. The summed E-state index contributed by atoms with van der Waals surface area (Å²) in [5.41, 5.74) is 2.17. The normalized spacial score (nSPS) is 22.2. The van der Waals surface area contributed by atoms with E-state index in [0.717, 1.165) is 29.1 Å². The molecule has 0 saturated carbocycles. The van der Waals surface area contributed by atoms with Gasteiger partial charge < -0.3 is 10.4 Å². The number of aliphatic hydroxyl groups is 1. The van der Waals surface area contributed by atoms with Gasteiger partial charge in [-0.25, -0.2) is 0 Å². The molecule has 2 N–H and O–H groups in total. The minimum Gasteiger partial charge on any atom is -0.387 e. The first-order valence-electron chi connectivity index (χ1n) is 4.44. The third-order valence-corrected chi connectivity index (χ3v) is 2.61. The van der Waals surface area contributed by atoms with E-state index >= 15 is 0 Å². The third kappa shape index (κ3) is 1.85. The summed E-state index contributed by atoms with van der Waals surface area (Å²) in [4.78, 5) is 0. The van der Waals surface area contributed by atoms with E-state index in [0.29, 0.717) is 6.54 Å². The fourth-order valence-electron chi connectivity index (χ4n) is 1.69. The van der Waals surface area contributed by atoms with E-state index in [1.165, 1.54) is 0 Å². The zero-order valence-electron chi connectivity index (χ0n) is 7.26. The van der Waals surface area contributed by atoms with Crippen molar-refractivity contribution in [1.82, 2.24) is 5.32 Å². The molecule has 2 rings (SSSR count). The first-order chi connectivity index (χ1) is 6.27. The van der Waals surface area contributed by atoms with Crippen molar-refractivity contribution >= 4 is 11.6 Å². The molecule has 1 aromatic carbocycles. The van der Waals surface area contributed by atoms with Crippen LogP contribution in [0, 0.1) is 0 Å². The molecule has 1 heterocycles. The van der Waals surface area contributed by atoms with Crippen LogP contribution >= 0.6 is 11.6 Å². The Morgan fingerprint density at radius 2 is 2.31 bits per heavy atom. The number of hydrogen-bond acceptors (Lipinski definition) is 2. The second-order valence-corrected chi connectivity index (χ2v) is 3.75. The Morgan fingerprint density at radius 3 is 3.15 bits per heavy atom. The highest BCUT2D eigenvalue weighted by Gasteiger charge is 2.15. The second kappa shape index (κ2) is 3.66. The molecule has 70 valence electrons. The van der Waals surface area contributed by atoms with Crippen molar-refractivity contribution in [1.29, 1.82) is 0 Å². The lowest BCUT2D eigenvalue weighted by Crippen LogP contribution is -2.19. The lowest BCUT2D eigenvalue weighted by molar-refractivity contribution is 0.178. The van der Waals surface area contributed by atoms with Crippen LogP contribution in [0.4, 0.5) is 0 Å². The predicted octanol–water partition coefficient (Wildman–Crippen LogP) is 1.52. The summed E-state index contributed by atoms with van der Waals surface area (Å²) < 4.78 is 0. The van der Waals surface area contributed by atoms with Crippen molar-refractivity contribution in [2.75, 3.05) is 13.1 Å². The largest absolute Gasteiger partial charge is 0.387 e. The van der Waals surface area contributed by atoms with Gasteiger partial charge in [0.25, 0.3) is 0 Å². The number of hydrogen-bond donors (Lipinski definition) is 2. The molecule has 0 aliphatic carbocycles. The monoisotopic (exact) mass is 197 g/mol. The molecule has 1 unspecified atom stereocenters. The highest BCUT2D eigenvalue weighted by molar-refractivity contribution is 6.30. The van der Waals surface area contributed by atoms with Gasteiger partial charge in [-0.3, -0.25) is 0 Å². The van der Waals surface area contributed by atoms with Crippen molar-refractivity contribution in [3.8, 4) is 0 Å². The quantitative estimate of drug-likeness (QED) is 0.661. The molecule has 0 bridgehead atoms. The van der Waals surface area contributed by atoms with Gasteiger partial charge in [-0.15, -0.1) is 0 Å². The van der Waals surface area contributed by atoms with Gasteiger partial charge in [-0.2, -0.15) is 0 Å². The number of halogens is 1. The molecule has 0 radical (unpaired) electrons. The zero-order valence-corrected chi connectivity index (χ0v) is 8.01. The molecule has 1 atom stereocenters. The molecule has 0 amide bonds. The Hall–Kier alpha value is -0.570. The van der Waals surface area contributed by atoms with Gasteiger partial charge in [0.05, 0.1) is 6.10 Å². The van der Waals surface area contributed by atoms with E-state index in [9.17, 15) is 5.11 Å². The average Bonchev–Trinajstić information content (AvgIpc) is 2.28. The summed E-state index contributed by atoms with van der Waals surface area (Å²) in [6.45, 7) is 1.54. The Bertz CT molecular complexity index is 314. The average molecular weight is 198 g/mol. The fourth-order valence-corrected chi connectivity index (χ4v) is 1.88. The maximum Gasteiger partial charge on any atom is 0.0917 e. The summed E-state index contributed by atoms with van der Waals surface area (Å²) in [6.07, 6.45) is 0.544. The summed E-state index contributed by atoms with van der Waals surface area (Å²) in [5, 5.41) is 13.6. The van der Waals surface area contributed by atoms with Crippen molar-refractivity contribution in [3.63, 3.8) is 0 Å². The molecule has 0 spiro atoms. The minimum atomic E-state index is -0.394. The fraction of sp³-hybridized carbons (Fsp3) is 0.400. The molecule has 13 heavy (non-hydrogen) atoms. The van der Waals surface area contributed by atoms with Gasteiger partial charge >= 0.3 is 0 Å². The van der Waals surface area contributed by atoms with Crippen molar-refractivity contribution in [2.45, 2.75) is 12.5 Å². The number of benzene rings is 1. The Balaban J connectivity index is 2.42. The second-order valence-electron chi connectivity index (χ2n) is 3.31. The van der Waals surface area contributed by atoms with E-state index in [4.69, 9.17) is 11.6 Å². The molecular weight excluding hydrogens is 186 g/mol. The lowest BCUT2D eigenvalue weighted by Gasteiger charge is -2.10. The highest BCUT2D eigenvalue weighted by atomic mass is 35.5. The van der Waals surface area contributed by atoms with Crippen LogP contribution in [0.2, 0.25) is 5.02 Å². The van der Waals surface area contributed by atoms with E-state index in [1.54, 1.807) is 0 Å². The first-order valence-corrected chi connectivity index (χ1v) is 4.82. The summed E-state index contributed by atoms with van der Waals surface area (Å²) in [5.74, 6) is 0. The number of β-amino-alcohol motifs (C(OH)–C–C–N with tert-alkyl or cyclic N) is 1. The smallest absolute Gasteiger partial charge is 0.0917 e. The Labute approximate surface area is 82.5 Å². The maximum absolute atomic E-state index is 9.73. The third-order valence-electron chi connectivity index (χ3n) is 2.37. The van der Waals surface area contributed by atoms with Crippen LogP contribution in [0.3, 0.4) is 0 Å². The van der Waals surface area contributed by atoms with Gasteiger partial charge in [0.2, 0.25) is 0 Å². The van der Waals surface area contributed by atoms with Crippen LogP contribution in [0.5, 0.6) is 0 Å². The number of fused-ring (bicyclic) bond motifs is 1. The molecule has 0 aromatic heterocycles. The van der Waals surface area contributed by atoms with E-state index in [2.05, 4.69) is 5.32 Å². The van der Waals surface area contributed by atoms with Crippen molar-refractivity contribution < 1.29 is 5.11 Å². The topological polar surface area (TPSA) is 32.3 Å². The first kappa shape index (κ1) is 9.00. The molecule has 1 aliphatic rings. The molecule has 1 aromatic rings. The molecule has 1 aliphatic heterocycles. The maximum atomic E-state index is 9.73. The summed E-state index contributed by atoms with van der Waals surface area (Å²) in [6, 6.07) is 5.68. The summed E-state index contributed by atoms with van der Waals surface area (Å²) in [7, 11) is 0. The van der Waals surface area contributed by atoms with Crippen molar-refractivity contribution in [2.24, 2.45) is 0 Å². The molecule has 2 nitrogen and oxygen atoms in total. The van der Waals surface area contributed by atoms with Gasteiger partial charge in [0, 0.05) is 11.6 Å². The minimum absolute atomic E-state index is 0.394. The number of aliphatic hydroxyl groups excluding tert-OH is 1. The SMILES string of the molecule is OC1CNCCc2cc(Cl)ccc21. The van der Waals surface area contributed by atoms with E-state index in [1.807, 2.05) is 18.2 Å². The van der Waals surface area contributed by atoms with E-state index in [-0.39, 0.29) is 0 Å². The van der Waals surface area contributed by atoms with Crippen LogP contribution in [-0.4, -0.2) is 18.2 Å². The van der Waals surface area contributed by atoms with Gasteiger partial charge in [0.15, 0.2) is 0 Å². The van der Waals surface area contributed by atoms with Gasteiger partial charge in [0.1, 0.15) is 0 Å². The molecule has 0 saturated heterocycles. The van der Waals surface area contributed by atoms with Gasteiger partial charge in [-0.05, 0) is 36.2 Å². The van der Waals surface area contributed by atoms with Gasteiger partial charge in [-0.1, -0.05) is 17.7 Å². The van der Waals surface area contributed by atoms with Crippen LogP contribution in [-0.2, 0) is 6.42 Å². The highest BCUT2D eigenvalue weighted by Crippen LogP contribution is 2.23. The number of rotatable bonds is 0. The molecular formula is C10H12ClNO. The standard InChI is InChI=1S/C10H12ClNO/c11-8-1-2-9-7(5-8)3-4-12-6-10(9)13/h1-2,5,10,12-13H,3-4,6H2. The number of nitrogens with one attached hydrogen (secondary N) is 1. The zero-order chi connectivity index (χ0) is 9.26. The lowest BCUT2D eigenvalue weighted by atomic mass is 10.0.